The van der Waals surface area contributed by atoms with Crippen LogP contribution in [-0.2, 0) is 6.54 Å². The van der Waals surface area contributed by atoms with Crippen LogP contribution in [0.1, 0.15) is 33.3 Å². The van der Waals surface area contributed by atoms with Gasteiger partial charge in [-0.25, -0.2) is 4.98 Å². The van der Waals surface area contributed by atoms with Crippen LogP contribution in [0, 0.1) is 5.92 Å². The molecule has 1 N–H and O–H groups in total. The standard InChI is InChI=1S/C16H27N3S/c1-12(2)8-17-9-15-5-6-18-16(7-15)19-10-13(3)20-14(4)11-19/h5-7,12-14,17H,8-11H2,1-4H3. The number of nitrogens with zero attached hydrogens (tertiary/aromatic N) is 2. The Hall–Kier alpha value is -0.740. The third kappa shape index (κ3) is 4.67. The second-order valence-electron chi connectivity index (χ2n) is 6.21. The van der Waals surface area contributed by atoms with E-state index in [0.29, 0.717) is 16.4 Å². The molecule has 0 amide bonds. The fourth-order valence-corrected chi connectivity index (χ4v) is 3.94. The first-order valence-electron chi connectivity index (χ1n) is 7.60. The fraction of sp³-hybridized carbons (Fsp3) is 0.688. The van der Waals surface area contributed by atoms with Crippen LogP contribution in [0.3, 0.4) is 0 Å². The highest BCUT2D eigenvalue weighted by molar-refractivity contribution is 8.00. The fourth-order valence-electron chi connectivity index (χ4n) is 2.61. The quantitative estimate of drug-likeness (QED) is 0.902. The summed E-state index contributed by atoms with van der Waals surface area (Å²) in [6.07, 6.45) is 1.94. The van der Waals surface area contributed by atoms with Crippen molar-refractivity contribution >= 4 is 17.6 Å². The highest BCUT2D eigenvalue weighted by Gasteiger charge is 2.23. The summed E-state index contributed by atoms with van der Waals surface area (Å²) in [6, 6.07) is 4.35. The second-order valence-corrected chi connectivity index (χ2v) is 8.09. The molecule has 1 aromatic heterocycles. The minimum absolute atomic E-state index is 0.684. The van der Waals surface area contributed by atoms with Crippen LogP contribution >= 0.6 is 11.8 Å². The molecular formula is C16H27N3S. The van der Waals surface area contributed by atoms with Gasteiger partial charge in [0.2, 0.25) is 0 Å². The van der Waals surface area contributed by atoms with Crippen molar-refractivity contribution in [2.75, 3.05) is 24.5 Å². The van der Waals surface area contributed by atoms with Gasteiger partial charge in [0.25, 0.3) is 0 Å². The summed E-state index contributed by atoms with van der Waals surface area (Å²) in [5.41, 5.74) is 1.33. The molecule has 1 saturated heterocycles. The third-order valence-corrected chi connectivity index (χ3v) is 4.66. The largest absolute Gasteiger partial charge is 0.354 e. The first kappa shape index (κ1) is 15.6. The van der Waals surface area contributed by atoms with E-state index in [9.17, 15) is 0 Å². The maximum absolute atomic E-state index is 4.56. The molecule has 1 fully saturated rings. The summed E-state index contributed by atoms with van der Waals surface area (Å²) in [6.45, 7) is 13.3. The highest BCUT2D eigenvalue weighted by Crippen LogP contribution is 2.27. The number of thioether (sulfide) groups is 1. The van der Waals surface area contributed by atoms with Gasteiger partial charge in [0.05, 0.1) is 0 Å². The SMILES string of the molecule is CC(C)CNCc1ccnc(N2CC(C)SC(C)C2)c1. The molecule has 2 atom stereocenters. The van der Waals surface area contributed by atoms with Gasteiger partial charge in [-0.15, -0.1) is 0 Å². The van der Waals surface area contributed by atoms with Crippen molar-refractivity contribution < 1.29 is 0 Å². The van der Waals surface area contributed by atoms with E-state index in [4.69, 9.17) is 0 Å². The van der Waals surface area contributed by atoms with Gasteiger partial charge < -0.3 is 10.2 Å². The summed E-state index contributed by atoms with van der Waals surface area (Å²) in [5.74, 6) is 1.82. The van der Waals surface area contributed by atoms with Crippen molar-refractivity contribution in [2.24, 2.45) is 5.92 Å². The molecule has 0 radical (unpaired) electrons. The van der Waals surface area contributed by atoms with Gasteiger partial charge in [0, 0.05) is 36.3 Å². The lowest BCUT2D eigenvalue weighted by Crippen LogP contribution is -2.40. The van der Waals surface area contributed by atoms with Crippen LogP contribution in [0.4, 0.5) is 5.82 Å². The number of rotatable bonds is 5. The minimum atomic E-state index is 0.684. The molecule has 1 aromatic rings. The zero-order valence-electron chi connectivity index (χ0n) is 13.1. The number of hydrogen-bond acceptors (Lipinski definition) is 4. The van der Waals surface area contributed by atoms with Crippen molar-refractivity contribution in [3.63, 3.8) is 0 Å². The summed E-state index contributed by atoms with van der Waals surface area (Å²) in [7, 11) is 0. The minimum Gasteiger partial charge on any atom is -0.354 e. The van der Waals surface area contributed by atoms with Crippen LogP contribution in [0.2, 0.25) is 0 Å². The van der Waals surface area contributed by atoms with Gasteiger partial charge >= 0.3 is 0 Å². The lowest BCUT2D eigenvalue weighted by molar-refractivity contribution is 0.552. The molecular weight excluding hydrogens is 266 g/mol. The molecule has 2 rings (SSSR count). The molecule has 0 aliphatic carbocycles. The Morgan fingerprint density at radius 2 is 2.05 bits per heavy atom. The summed E-state index contributed by atoms with van der Waals surface area (Å²) < 4.78 is 0. The Morgan fingerprint density at radius 3 is 2.70 bits per heavy atom. The molecule has 3 nitrogen and oxygen atoms in total. The molecule has 1 aliphatic heterocycles. The highest BCUT2D eigenvalue weighted by atomic mass is 32.2. The van der Waals surface area contributed by atoms with Crippen molar-refractivity contribution in [3.8, 4) is 0 Å². The summed E-state index contributed by atoms with van der Waals surface area (Å²) >= 11 is 2.08. The van der Waals surface area contributed by atoms with Gasteiger partial charge in [-0.05, 0) is 30.2 Å². The summed E-state index contributed by atoms with van der Waals surface area (Å²) in [4.78, 5) is 6.99. The molecule has 4 heteroatoms. The van der Waals surface area contributed by atoms with Crippen LogP contribution in [-0.4, -0.2) is 35.1 Å². The molecule has 0 aromatic carbocycles. The molecule has 1 aliphatic rings. The predicted molar refractivity (Wildman–Crippen MR) is 89.5 cm³/mol. The molecule has 2 unspecified atom stereocenters. The maximum atomic E-state index is 4.56. The molecule has 2 heterocycles. The zero-order valence-corrected chi connectivity index (χ0v) is 13.9. The zero-order chi connectivity index (χ0) is 14.5. The number of hydrogen-bond donors (Lipinski definition) is 1. The van der Waals surface area contributed by atoms with Crippen molar-refractivity contribution in [1.82, 2.24) is 10.3 Å². The normalized spacial score (nSPS) is 23.4. The topological polar surface area (TPSA) is 28.2 Å². The van der Waals surface area contributed by atoms with Gasteiger partial charge in [-0.2, -0.15) is 11.8 Å². The molecule has 112 valence electrons. The van der Waals surface area contributed by atoms with E-state index < -0.39 is 0 Å². The lowest BCUT2D eigenvalue weighted by atomic mass is 10.2. The molecule has 0 saturated carbocycles. The van der Waals surface area contributed by atoms with Gasteiger partial charge in [-0.1, -0.05) is 27.7 Å². The Morgan fingerprint density at radius 1 is 1.35 bits per heavy atom. The Kier molecular flexibility index (Phi) is 5.73. The van der Waals surface area contributed by atoms with Crippen LogP contribution < -0.4 is 10.2 Å². The van der Waals surface area contributed by atoms with Crippen molar-refractivity contribution in [1.29, 1.82) is 0 Å². The van der Waals surface area contributed by atoms with Gasteiger partial charge in [0.1, 0.15) is 5.82 Å². The third-order valence-electron chi connectivity index (χ3n) is 3.44. The number of nitrogens with one attached hydrogen (secondary N) is 1. The first-order chi connectivity index (χ1) is 9.54. The van der Waals surface area contributed by atoms with Gasteiger partial charge in [0.15, 0.2) is 0 Å². The van der Waals surface area contributed by atoms with Crippen molar-refractivity contribution in [3.05, 3.63) is 23.9 Å². The van der Waals surface area contributed by atoms with E-state index in [-0.39, 0.29) is 0 Å². The summed E-state index contributed by atoms with van der Waals surface area (Å²) in [5, 5.41) is 4.87. The van der Waals surface area contributed by atoms with E-state index in [1.807, 2.05) is 6.20 Å². The van der Waals surface area contributed by atoms with Crippen molar-refractivity contribution in [2.45, 2.75) is 44.7 Å². The number of anilines is 1. The molecule has 20 heavy (non-hydrogen) atoms. The average molecular weight is 293 g/mol. The van der Waals surface area contributed by atoms with E-state index in [2.05, 4.69) is 66.8 Å². The average Bonchev–Trinajstić information content (AvgIpc) is 2.37. The van der Waals surface area contributed by atoms with E-state index in [0.717, 1.165) is 32.0 Å². The van der Waals surface area contributed by atoms with Crippen LogP contribution in [0.25, 0.3) is 0 Å². The Balaban J connectivity index is 1.98. The van der Waals surface area contributed by atoms with Gasteiger partial charge in [-0.3, -0.25) is 0 Å². The van der Waals surface area contributed by atoms with Crippen LogP contribution in [0.15, 0.2) is 18.3 Å². The predicted octanol–water partition coefficient (Wildman–Crippen LogP) is 3.16. The number of pyridine rings is 1. The Bertz CT molecular complexity index is 412. The monoisotopic (exact) mass is 293 g/mol. The molecule has 0 bridgehead atoms. The maximum Gasteiger partial charge on any atom is 0.128 e. The Labute approximate surface area is 127 Å². The van der Waals surface area contributed by atoms with E-state index in [1.165, 1.54) is 5.56 Å². The smallest absolute Gasteiger partial charge is 0.128 e. The van der Waals surface area contributed by atoms with Crippen LogP contribution in [0.5, 0.6) is 0 Å². The number of aromatic nitrogens is 1. The lowest BCUT2D eigenvalue weighted by Gasteiger charge is -2.35. The second kappa shape index (κ2) is 7.32. The van der Waals surface area contributed by atoms with E-state index in [1.54, 1.807) is 0 Å². The first-order valence-corrected chi connectivity index (χ1v) is 8.55. The molecule has 0 spiro atoms. The van der Waals surface area contributed by atoms with E-state index >= 15 is 0 Å².